The fourth-order valence-electron chi connectivity index (χ4n) is 3.59. The van der Waals surface area contributed by atoms with Gasteiger partial charge in [0.05, 0.1) is 11.7 Å². The summed E-state index contributed by atoms with van der Waals surface area (Å²) in [5.41, 5.74) is 1.12. The predicted molar refractivity (Wildman–Crippen MR) is 101 cm³/mol. The van der Waals surface area contributed by atoms with E-state index in [0.717, 1.165) is 48.3 Å². The van der Waals surface area contributed by atoms with Gasteiger partial charge in [0, 0.05) is 11.6 Å². The standard InChI is InChI=1S/C19H21F2N7O/c1-12-9-17(28(24-12)14-5-3-2-4-6-14)22-18(29)11-27-25-19(23-26-27)13-7-8-15(20)16(21)10-13/h7-10,14H,2-6,11H2,1H3,(H,22,29). The zero-order valence-electron chi connectivity index (χ0n) is 16.0. The normalized spacial score (nSPS) is 14.9. The van der Waals surface area contributed by atoms with Crippen LogP contribution in [-0.2, 0) is 11.3 Å². The number of benzene rings is 1. The molecule has 4 rings (SSSR count). The molecule has 2 heterocycles. The number of carbonyl (C=O) groups is 1. The minimum atomic E-state index is -0.997. The number of nitrogens with one attached hydrogen (secondary N) is 1. The molecule has 10 heteroatoms. The first-order chi connectivity index (χ1) is 14.0. The average molecular weight is 401 g/mol. The molecular formula is C19H21F2N7O. The molecule has 2 aromatic heterocycles. The van der Waals surface area contributed by atoms with Gasteiger partial charge in [-0.2, -0.15) is 9.90 Å². The first-order valence-corrected chi connectivity index (χ1v) is 9.59. The zero-order chi connectivity index (χ0) is 20.4. The van der Waals surface area contributed by atoms with Crippen LogP contribution in [0.1, 0.15) is 43.8 Å². The molecule has 1 aromatic carbocycles. The van der Waals surface area contributed by atoms with Crippen molar-refractivity contribution in [3.63, 3.8) is 0 Å². The van der Waals surface area contributed by atoms with E-state index in [4.69, 9.17) is 0 Å². The van der Waals surface area contributed by atoms with Crippen molar-refractivity contribution in [2.45, 2.75) is 51.6 Å². The Morgan fingerprint density at radius 3 is 2.69 bits per heavy atom. The molecule has 0 unspecified atom stereocenters. The highest BCUT2D eigenvalue weighted by Crippen LogP contribution is 2.30. The van der Waals surface area contributed by atoms with E-state index >= 15 is 0 Å². The van der Waals surface area contributed by atoms with Gasteiger partial charge in [0.25, 0.3) is 0 Å². The van der Waals surface area contributed by atoms with Crippen molar-refractivity contribution in [2.75, 3.05) is 5.32 Å². The molecule has 1 aliphatic rings. The molecule has 0 spiro atoms. The van der Waals surface area contributed by atoms with E-state index in [1.165, 1.54) is 12.5 Å². The van der Waals surface area contributed by atoms with Gasteiger partial charge in [-0.25, -0.2) is 13.5 Å². The Morgan fingerprint density at radius 1 is 1.14 bits per heavy atom. The molecule has 3 aromatic rings. The minimum Gasteiger partial charge on any atom is -0.309 e. The fraction of sp³-hybridized carbons (Fsp3) is 0.421. The summed E-state index contributed by atoms with van der Waals surface area (Å²) >= 11 is 0. The van der Waals surface area contributed by atoms with Gasteiger partial charge >= 0.3 is 0 Å². The predicted octanol–water partition coefficient (Wildman–Crippen LogP) is 3.27. The third-order valence-electron chi connectivity index (χ3n) is 4.96. The molecule has 1 N–H and O–H groups in total. The highest BCUT2D eigenvalue weighted by Gasteiger charge is 2.20. The highest BCUT2D eigenvalue weighted by atomic mass is 19.2. The van der Waals surface area contributed by atoms with Gasteiger partial charge in [0.1, 0.15) is 12.4 Å². The van der Waals surface area contributed by atoms with Crippen LogP contribution in [0.5, 0.6) is 0 Å². The Bertz CT molecular complexity index is 1020. The van der Waals surface area contributed by atoms with Crippen molar-refractivity contribution in [2.24, 2.45) is 0 Å². The Kier molecular flexibility index (Phi) is 5.32. The number of aryl methyl sites for hydroxylation is 1. The molecule has 1 amide bonds. The van der Waals surface area contributed by atoms with Crippen LogP contribution in [0.4, 0.5) is 14.6 Å². The molecule has 1 fully saturated rings. The first-order valence-electron chi connectivity index (χ1n) is 9.59. The number of hydrogen-bond donors (Lipinski definition) is 1. The van der Waals surface area contributed by atoms with Gasteiger partial charge in [-0.1, -0.05) is 19.3 Å². The number of anilines is 1. The van der Waals surface area contributed by atoms with Crippen LogP contribution in [-0.4, -0.2) is 35.9 Å². The Morgan fingerprint density at radius 2 is 1.93 bits per heavy atom. The molecule has 0 bridgehead atoms. The number of tetrazole rings is 1. The molecular weight excluding hydrogens is 380 g/mol. The maximum atomic E-state index is 13.4. The maximum Gasteiger partial charge on any atom is 0.249 e. The fourth-order valence-corrected chi connectivity index (χ4v) is 3.59. The second-order valence-corrected chi connectivity index (χ2v) is 7.23. The van der Waals surface area contributed by atoms with E-state index in [2.05, 4.69) is 25.8 Å². The maximum absolute atomic E-state index is 13.4. The lowest BCUT2D eigenvalue weighted by molar-refractivity contribution is -0.117. The van der Waals surface area contributed by atoms with Crippen molar-refractivity contribution < 1.29 is 13.6 Å². The summed E-state index contributed by atoms with van der Waals surface area (Å²) in [6.07, 6.45) is 5.65. The smallest absolute Gasteiger partial charge is 0.249 e. The van der Waals surface area contributed by atoms with Gasteiger partial charge in [0.2, 0.25) is 11.7 Å². The van der Waals surface area contributed by atoms with Crippen molar-refractivity contribution >= 4 is 11.7 Å². The average Bonchev–Trinajstić information content (AvgIpc) is 3.31. The number of nitrogens with zero attached hydrogens (tertiary/aromatic N) is 6. The molecule has 1 saturated carbocycles. The molecule has 29 heavy (non-hydrogen) atoms. The zero-order valence-corrected chi connectivity index (χ0v) is 16.0. The summed E-state index contributed by atoms with van der Waals surface area (Å²) in [5, 5.41) is 19.1. The number of rotatable bonds is 5. The highest BCUT2D eigenvalue weighted by molar-refractivity contribution is 5.89. The number of halogens is 2. The second-order valence-electron chi connectivity index (χ2n) is 7.23. The van der Waals surface area contributed by atoms with Gasteiger partial charge in [-0.15, -0.1) is 10.2 Å². The van der Waals surface area contributed by atoms with Crippen LogP contribution in [0.3, 0.4) is 0 Å². The molecule has 0 aliphatic heterocycles. The van der Waals surface area contributed by atoms with Gasteiger partial charge in [-0.3, -0.25) is 4.79 Å². The minimum absolute atomic E-state index is 0.111. The molecule has 0 radical (unpaired) electrons. The Hall–Kier alpha value is -3.17. The van der Waals surface area contributed by atoms with Crippen molar-refractivity contribution in [3.8, 4) is 11.4 Å². The molecule has 0 atom stereocenters. The van der Waals surface area contributed by atoms with Gasteiger partial charge in [0.15, 0.2) is 11.6 Å². The lowest BCUT2D eigenvalue weighted by Gasteiger charge is -2.23. The van der Waals surface area contributed by atoms with E-state index in [9.17, 15) is 13.6 Å². The van der Waals surface area contributed by atoms with E-state index < -0.39 is 11.6 Å². The van der Waals surface area contributed by atoms with Crippen LogP contribution in [0, 0.1) is 18.6 Å². The summed E-state index contributed by atoms with van der Waals surface area (Å²) in [4.78, 5) is 13.6. The summed E-state index contributed by atoms with van der Waals surface area (Å²) in [6.45, 7) is 1.73. The van der Waals surface area contributed by atoms with Crippen molar-refractivity contribution in [1.29, 1.82) is 0 Å². The number of carbonyl (C=O) groups excluding carboxylic acids is 1. The third-order valence-corrected chi connectivity index (χ3v) is 4.96. The van der Waals surface area contributed by atoms with Crippen LogP contribution < -0.4 is 5.32 Å². The van der Waals surface area contributed by atoms with Crippen LogP contribution in [0.25, 0.3) is 11.4 Å². The summed E-state index contributed by atoms with van der Waals surface area (Å²) < 4.78 is 28.4. The third kappa shape index (κ3) is 4.30. The number of hydrogen-bond acceptors (Lipinski definition) is 5. The summed E-state index contributed by atoms with van der Waals surface area (Å²) in [6, 6.07) is 5.46. The van der Waals surface area contributed by atoms with E-state index in [-0.39, 0.29) is 29.9 Å². The second kappa shape index (κ2) is 8.06. The van der Waals surface area contributed by atoms with Crippen molar-refractivity contribution in [3.05, 3.63) is 41.6 Å². The SMILES string of the molecule is Cc1cc(NC(=O)Cn2nnc(-c3ccc(F)c(F)c3)n2)n(C2CCCCC2)n1. The molecule has 1 aliphatic carbocycles. The molecule has 0 saturated heterocycles. The first kappa shape index (κ1) is 19.2. The van der Waals surface area contributed by atoms with Gasteiger partial charge < -0.3 is 5.32 Å². The Labute approximate surface area is 165 Å². The van der Waals surface area contributed by atoms with Crippen LogP contribution in [0.15, 0.2) is 24.3 Å². The van der Waals surface area contributed by atoms with Crippen LogP contribution >= 0.6 is 0 Å². The Balaban J connectivity index is 1.44. The van der Waals surface area contributed by atoms with Gasteiger partial charge in [-0.05, 0) is 43.2 Å². The van der Waals surface area contributed by atoms with Crippen molar-refractivity contribution in [1.82, 2.24) is 30.0 Å². The quantitative estimate of drug-likeness (QED) is 0.709. The van der Waals surface area contributed by atoms with E-state index in [1.54, 1.807) is 0 Å². The molecule has 8 nitrogen and oxygen atoms in total. The van der Waals surface area contributed by atoms with E-state index in [1.807, 2.05) is 17.7 Å². The topological polar surface area (TPSA) is 90.5 Å². The molecule has 152 valence electrons. The van der Waals surface area contributed by atoms with Crippen LogP contribution in [0.2, 0.25) is 0 Å². The number of amides is 1. The summed E-state index contributed by atoms with van der Waals surface area (Å²) in [5.74, 6) is -1.51. The number of aromatic nitrogens is 6. The lowest BCUT2D eigenvalue weighted by atomic mass is 9.96. The largest absolute Gasteiger partial charge is 0.309 e. The monoisotopic (exact) mass is 401 g/mol. The lowest BCUT2D eigenvalue weighted by Crippen LogP contribution is -2.24. The summed E-state index contributed by atoms with van der Waals surface area (Å²) in [7, 11) is 0. The van der Waals surface area contributed by atoms with E-state index in [0.29, 0.717) is 5.82 Å².